The summed E-state index contributed by atoms with van der Waals surface area (Å²) >= 11 is 0. The minimum absolute atomic E-state index is 1.16. The molecule has 1 heteroatoms. The normalized spacial score (nSPS) is 18.8. The van der Waals surface area contributed by atoms with Crippen LogP contribution in [0.25, 0.3) is 0 Å². The Morgan fingerprint density at radius 3 is 2.42 bits per heavy atom. The van der Waals surface area contributed by atoms with Gasteiger partial charge in [0.15, 0.2) is 0 Å². The van der Waals surface area contributed by atoms with Gasteiger partial charge in [0.25, 0.3) is 0 Å². The molecule has 0 aromatic heterocycles. The van der Waals surface area contributed by atoms with Gasteiger partial charge in [0.05, 0.1) is 0 Å². The Kier molecular flexibility index (Phi) is 6.04. The maximum absolute atomic E-state index is 2.29. The van der Waals surface area contributed by atoms with Crippen molar-refractivity contribution in [2.24, 2.45) is 0 Å². The van der Waals surface area contributed by atoms with E-state index in [4.69, 9.17) is 0 Å². The van der Waals surface area contributed by atoms with Crippen LogP contribution in [0.1, 0.15) is 58.3 Å². The molecular weight excluding hydrogens is 163 g/mol. The molecule has 72 valence electrons. The zero-order valence-electron chi connectivity index (χ0n) is 8.44. The standard InChI is InChI=1S/C11H23P/c1-2-3-4-5-6-10-12-11-8-7-9-11/h11-12H,2-10H2,1H3. The summed E-state index contributed by atoms with van der Waals surface area (Å²) in [4.78, 5) is 0. The fourth-order valence-corrected chi connectivity index (χ4v) is 3.33. The van der Waals surface area contributed by atoms with Crippen molar-refractivity contribution < 1.29 is 0 Å². The van der Waals surface area contributed by atoms with E-state index in [9.17, 15) is 0 Å². The molecule has 12 heavy (non-hydrogen) atoms. The highest BCUT2D eigenvalue weighted by Gasteiger charge is 2.15. The van der Waals surface area contributed by atoms with Crippen molar-refractivity contribution in [1.29, 1.82) is 0 Å². The van der Waals surface area contributed by atoms with Crippen LogP contribution in [0.5, 0.6) is 0 Å². The van der Waals surface area contributed by atoms with Crippen LogP contribution in [0.3, 0.4) is 0 Å². The van der Waals surface area contributed by atoms with Crippen molar-refractivity contribution in [3.8, 4) is 0 Å². The Hall–Kier alpha value is 0.430. The van der Waals surface area contributed by atoms with Crippen LogP contribution in [0, 0.1) is 0 Å². The highest BCUT2D eigenvalue weighted by molar-refractivity contribution is 7.38. The molecule has 1 rings (SSSR count). The van der Waals surface area contributed by atoms with Gasteiger partial charge in [0.2, 0.25) is 0 Å². The Morgan fingerprint density at radius 1 is 1.08 bits per heavy atom. The quantitative estimate of drug-likeness (QED) is 0.413. The van der Waals surface area contributed by atoms with Gasteiger partial charge in [-0.15, -0.1) is 8.58 Å². The first-order chi connectivity index (χ1) is 5.93. The van der Waals surface area contributed by atoms with Crippen LogP contribution in [0.4, 0.5) is 0 Å². The van der Waals surface area contributed by atoms with Crippen molar-refractivity contribution in [3.63, 3.8) is 0 Å². The Bertz CT molecular complexity index is 97.2. The molecule has 0 aromatic rings. The number of hydrogen-bond donors (Lipinski definition) is 0. The average molecular weight is 186 g/mol. The van der Waals surface area contributed by atoms with Crippen molar-refractivity contribution in [2.45, 2.75) is 63.9 Å². The van der Waals surface area contributed by atoms with Gasteiger partial charge in [0, 0.05) is 0 Å². The summed E-state index contributed by atoms with van der Waals surface area (Å²) in [5.41, 5.74) is 1.16. The Balaban J connectivity index is 1.70. The monoisotopic (exact) mass is 186 g/mol. The largest absolute Gasteiger partial charge is 0.119 e. The maximum atomic E-state index is 2.29. The lowest BCUT2D eigenvalue weighted by atomic mass is 10.00. The van der Waals surface area contributed by atoms with Crippen LogP contribution in [-0.2, 0) is 0 Å². The molecule has 0 heterocycles. The molecule has 0 nitrogen and oxygen atoms in total. The molecule has 0 saturated heterocycles. The first-order valence-corrected chi connectivity index (χ1v) is 6.95. The first kappa shape index (κ1) is 10.5. The summed E-state index contributed by atoms with van der Waals surface area (Å²) in [6.45, 7) is 2.29. The van der Waals surface area contributed by atoms with Gasteiger partial charge < -0.3 is 0 Å². The molecule has 1 unspecified atom stereocenters. The SMILES string of the molecule is CCCCCCCPC1CCC1. The first-order valence-electron chi connectivity index (χ1n) is 5.67. The molecular formula is C11H23P. The summed E-state index contributed by atoms with van der Waals surface area (Å²) in [5, 5.41) is 0. The van der Waals surface area contributed by atoms with Crippen LogP contribution in [0.15, 0.2) is 0 Å². The van der Waals surface area contributed by atoms with Crippen LogP contribution in [0.2, 0.25) is 0 Å². The molecule has 0 spiro atoms. The molecule has 0 aromatic carbocycles. The molecule has 1 atom stereocenters. The summed E-state index contributed by atoms with van der Waals surface area (Å²) < 4.78 is 0. The Labute approximate surface area is 79.3 Å². The second-order valence-corrected chi connectivity index (χ2v) is 5.72. The van der Waals surface area contributed by atoms with E-state index in [0.717, 1.165) is 5.66 Å². The molecule has 1 saturated carbocycles. The van der Waals surface area contributed by atoms with Gasteiger partial charge in [-0.05, 0) is 31.1 Å². The number of rotatable bonds is 7. The third kappa shape index (κ3) is 4.45. The van der Waals surface area contributed by atoms with Crippen LogP contribution in [-0.4, -0.2) is 11.8 Å². The lowest BCUT2D eigenvalue weighted by Crippen LogP contribution is -2.11. The fourth-order valence-electron chi connectivity index (χ4n) is 1.65. The summed E-state index contributed by atoms with van der Waals surface area (Å²) in [6, 6.07) is 0. The van der Waals surface area contributed by atoms with Crippen molar-refractivity contribution in [3.05, 3.63) is 0 Å². The van der Waals surface area contributed by atoms with Gasteiger partial charge >= 0.3 is 0 Å². The number of unbranched alkanes of at least 4 members (excludes halogenated alkanes) is 4. The highest BCUT2D eigenvalue weighted by atomic mass is 31.1. The zero-order chi connectivity index (χ0) is 8.65. The summed E-state index contributed by atoms with van der Waals surface area (Å²) in [7, 11) is 1.30. The molecule has 1 aliphatic carbocycles. The van der Waals surface area contributed by atoms with Gasteiger partial charge in [0.1, 0.15) is 0 Å². The summed E-state index contributed by atoms with van der Waals surface area (Å²) in [5.74, 6) is 0. The second kappa shape index (κ2) is 6.89. The third-order valence-corrected chi connectivity index (χ3v) is 4.62. The lowest BCUT2D eigenvalue weighted by molar-refractivity contribution is 0.517. The van der Waals surface area contributed by atoms with E-state index in [2.05, 4.69) is 6.92 Å². The second-order valence-electron chi connectivity index (χ2n) is 4.00. The van der Waals surface area contributed by atoms with E-state index in [0.29, 0.717) is 0 Å². The third-order valence-electron chi connectivity index (χ3n) is 2.82. The minimum atomic E-state index is 1.16. The summed E-state index contributed by atoms with van der Waals surface area (Å²) in [6.07, 6.45) is 13.5. The van der Waals surface area contributed by atoms with Gasteiger partial charge in [-0.3, -0.25) is 0 Å². The predicted molar refractivity (Wildman–Crippen MR) is 59.6 cm³/mol. The smallest absolute Gasteiger partial charge is 0.0237 e. The molecule has 0 bridgehead atoms. The van der Waals surface area contributed by atoms with Crippen LogP contribution < -0.4 is 0 Å². The molecule has 1 fully saturated rings. The van der Waals surface area contributed by atoms with E-state index < -0.39 is 0 Å². The molecule has 1 aliphatic rings. The van der Waals surface area contributed by atoms with Gasteiger partial charge in [-0.2, -0.15) is 0 Å². The number of hydrogen-bond acceptors (Lipinski definition) is 0. The highest BCUT2D eigenvalue weighted by Crippen LogP contribution is 2.36. The van der Waals surface area contributed by atoms with Gasteiger partial charge in [-0.1, -0.05) is 39.0 Å². The van der Waals surface area contributed by atoms with E-state index in [1.54, 1.807) is 12.8 Å². The Morgan fingerprint density at radius 2 is 1.83 bits per heavy atom. The molecule has 0 N–H and O–H groups in total. The van der Waals surface area contributed by atoms with E-state index >= 15 is 0 Å². The van der Waals surface area contributed by atoms with Crippen molar-refractivity contribution in [1.82, 2.24) is 0 Å². The fraction of sp³-hybridized carbons (Fsp3) is 1.00. The topological polar surface area (TPSA) is 0 Å². The van der Waals surface area contributed by atoms with E-state index in [1.165, 1.54) is 53.3 Å². The average Bonchev–Trinajstić information content (AvgIpc) is 2.00. The maximum Gasteiger partial charge on any atom is -0.0237 e. The van der Waals surface area contributed by atoms with Crippen molar-refractivity contribution in [2.75, 3.05) is 6.16 Å². The predicted octanol–water partition coefficient (Wildman–Crippen LogP) is 4.19. The minimum Gasteiger partial charge on any atom is -0.119 e. The zero-order valence-corrected chi connectivity index (χ0v) is 9.44. The molecule has 0 amide bonds. The van der Waals surface area contributed by atoms with Crippen LogP contribution >= 0.6 is 8.58 Å². The van der Waals surface area contributed by atoms with E-state index in [1.807, 2.05) is 0 Å². The molecule has 0 radical (unpaired) electrons. The molecule has 0 aliphatic heterocycles. The van der Waals surface area contributed by atoms with Crippen molar-refractivity contribution >= 4 is 8.58 Å². The van der Waals surface area contributed by atoms with Gasteiger partial charge in [-0.25, -0.2) is 0 Å². The lowest BCUT2D eigenvalue weighted by Gasteiger charge is -2.25. The van der Waals surface area contributed by atoms with E-state index in [-0.39, 0.29) is 0 Å².